The van der Waals surface area contributed by atoms with Crippen LogP contribution < -0.4 is 0 Å². The predicted octanol–water partition coefficient (Wildman–Crippen LogP) is 10.3. The molecule has 1 aliphatic rings. The molecule has 210 valence electrons. The number of hydrogen-bond acceptors (Lipinski definition) is 2. The highest BCUT2D eigenvalue weighted by Crippen LogP contribution is 2.57. The Kier molecular flexibility index (Phi) is 6.44. The van der Waals surface area contributed by atoms with Crippen LogP contribution in [0, 0.1) is 11.3 Å². The summed E-state index contributed by atoms with van der Waals surface area (Å²) in [7, 11) is 0. The molecule has 2 heteroatoms. The van der Waals surface area contributed by atoms with E-state index >= 15 is 0 Å². The SMILES string of the molecule is N#Cc1ccc(-c2cc3c(cc2-c2ccc(-c4ccccn4)cc2)C(c2ccccc2)(c2ccccc2)c2ccccc2-3)cc1. The molecule has 0 atom stereocenters. The molecular formula is C43H28N2. The zero-order valence-corrected chi connectivity index (χ0v) is 24.6. The molecule has 1 aromatic heterocycles. The lowest BCUT2D eigenvalue weighted by molar-refractivity contribution is 0.769. The molecule has 0 amide bonds. The van der Waals surface area contributed by atoms with Crippen molar-refractivity contribution in [1.82, 2.24) is 4.98 Å². The molecule has 7 aromatic rings. The molecule has 2 nitrogen and oxygen atoms in total. The first kappa shape index (κ1) is 26.6. The quantitative estimate of drug-likeness (QED) is 0.206. The topological polar surface area (TPSA) is 36.7 Å². The minimum atomic E-state index is -0.486. The lowest BCUT2D eigenvalue weighted by Gasteiger charge is -2.34. The molecular weight excluding hydrogens is 544 g/mol. The van der Waals surface area contributed by atoms with Crippen LogP contribution in [0.5, 0.6) is 0 Å². The van der Waals surface area contributed by atoms with Crippen molar-refractivity contribution >= 4 is 0 Å². The molecule has 8 rings (SSSR count). The summed E-state index contributed by atoms with van der Waals surface area (Å²) in [5.41, 5.74) is 14.2. The van der Waals surface area contributed by atoms with Crippen LogP contribution in [0.1, 0.15) is 27.8 Å². The Balaban J connectivity index is 1.44. The van der Waals surface area contributed by atoms with E-state index in [0.717, 1.165) is 33.5 Å². The van der Waals surface area contributed by atoms with Crippen molar-refractivity contribution < 1.29 is 0 Å². The summed E-state index contributed by atoms with van der Waals surface area (Å²) in [4.78, 5) is 4.56. The second kappa shape index (κ2) is 10.9. The van der Waals surface area contributed by atoms with Crippen molar-refractivity contribution in [1.29, 1.82) is 5.26 Å². The molecule has 45 heavy (non-hydrogen) atoms. The van der Waals surface area contributed by atoms with Gasteiger partial charge in [-0.3, -0.25) is 4.98 Å². The summed E-state index contributed by atoms with van der Waals surface area (Å²) in [6.07, 6.45) is 1.83. The van der Waals surface area contributed by atoms with E-state index in [0.29, 0.717) is 5.56 Å². The predicted molar refractivity (Wildman–Crippen MR) is 183 cm³/mol. The van der Waals surface area contributed by atoms with E-state index in [9.17, 15) is 5.26 Å². The summed E-state index contributed by atoms with van der Waals surface area (Å²) in [5, 5.41) is 9.51. The molecule has 0 saturated heterocycles. The number of fused-ring (bicyclic) bond motifs is 3. The van der Waals surface area contributed by atoms with Crippen LogP contribution in [0.4, 0.5) is 0 Å². The van der Waals surface area contributed by atoms with Crippen LogP contribution in [0.25, 0.3) is 44.6 Å². The fourth-order valence-corrected chi connectivity index (χ4v) is 7.04. The van der Waals surface area contributed by atoms with Gasteiger partial charge in [-0.05, 0) is 92.0 Å². The summed E-state index contributed by atoms with van der Waals surface area (Å²) in [5.74, 6) is 0. The van der Waals surface area contributed by atoms with Gasteiger partial charge in [0, 0.05) is 11.8 Å². The summed E-state index contributed by atoms with van der Waals surface area (Å²) in [6, 6.07) is 60.3. The van der Waals surface area contributed by atoms with E-state index in [-0.39, 0.29) is 0 Å². The van der Waals surface area contributed by atoms with Crippen molar-refractivity contribution in [3.8, 4) is 50.7 Å². The molecule has 0 saturated carbocycles. The standard InChI is InChI=1S/C43H28N2/c44-29-30-18-20-31(21-19-30)37-27-39-36-15-7-8-16-40(36)43(34-11-3-1-4-12-34,35-13-5-2-6-14-35)41(39)28-38(37)32-22-24-33(25-23-32)42-17-9-10-26-45-42/h1-28H. The van der Waals surface area contributed by atoms with Gasteiger partial charge in [-0.1, -0.05) is 127 Å². The van der Waals surface area contributed by atoms with Gasteiger partial charge in [0.2, 0.25) is 0 Å². The average Bonchev–Trinajstić information content (AvgIpc) is 3.42. The Morgan fingerprint density at radius 3 is 1.62 bits per heavy atom. The van der Waals surface area contributed by atoms with Crippen LogP contribution in [0.15, 0.2) is 170 Å². The van der Waals surface area contributed by atoms with Gasteiger partial charge >= 0.3 is 0 Å². The number of pyridine rings is 1. The number of nitrogens with zero attached hydrogens (tertiary/aromatic N) is 2. The second-order valence-electron chi connectivity index (χ2n) is 11.5. The highest BCUT2D eigenvalue weighted by Gasteiger charge is 2.46. The van der Waals surface area contributed by atoms with Crippen LogP contribution in [-0.4, -0.2) is 4.98 Å². The first-order chi connectivity index (χ1) is 22.3. The Bertz CT molecular complexity index is 2140. The average molecular weight is 573 g/mol. The third-order valence-electron chi connectivity index (χ3n) is 9.08. The molecule has 0 N–H and O–H groups in total. The van der Waals surface area contributed by atoms with Gasteiger partial charge in [0.15, 0.2) is 0 Å². The maximum Gasteiger partial charge on any atom is 0.0991 e. The van der Waals surface area contributed by atoms with Crippen molar-refractivity contribution in [2.75, 3.05) is 0 Å². The zero-order chi connectivity index (χ0) is 30.2. The van der Waals surface area contributed by atoms with Crippen LogP contribution in [0.3, 0.4) is 0 Å². The number of hydrogen-bond donors (Lipinski definition) is 0. The molecule has 0 fully saturated rings. The second-order valence-corrected chi connectivity index (χ2v) is 11.5. The van der Waals surface area contributed by atoms with Crippen LogP contribution in [0.2, 0.25) is 0 Å². The molecule has 0 spiro atoms. The number of rotatable bonds is 5. The van der Waals surface area contributed by atoms with E-state index in [1.165, 1.54) is 33.4 Å². The van der Waals surface area contributed by atoms with E-state index in [1.807, 2.05) is 36.5 Å². The normalized spacial score (nSPS) is 12.6. The molecule has 0 bridgehead atoms. The fraction of sp³-hybridized carbons (Fsp3) is 0.0233. The van der Waals surface area contributed by atoms with E-state index < -0.39 is 5.41 Å². The van der Waals surface area contributed by atoms with Gasteiger partial charge < -0.3 is 0 Å². The van der Waals surface area contributed by atoms with Gasteiger partial charge in [0.05, 0.1) is 22.7 Å². The first-order valence-electron chi connectivity index (χ1n) is 15.2. The van der Waals surface area contributed by atoms with E-state index in [1.54, 1.807) is 0 Å². The molecule has 1 heterocycles. The maximum atomic E-state index is 9.51. The lowest BCUT2D eigenvalue weighted by atomic mass is 9.67. The molecule has 6 aromatic carbocycles. The van der Waals surface area contributed by atoms with Gasteiger partial charge in [0.25, 0.3) is 0 Å². The van der Waals surface area contributed by atoms with Crippen molar-refractivity contribution in [2.24, 2.45) is 0 Å². The minimum Gasteiger partial charge on any atom is -0.256 e. The van der Waals surface area contributed by atoms with Crippen molar-refractivity contribution in [3.05, 3.63) is 198 Å². The molecule has 1 aliphatic carbocycles. The maximum absolute atomic E-state index is 9.51. The Morgan fingerprint density at radius 2 is 1.00 bits per heavy atom. The largest absolute Gasteiger partial charge is 0.256 e. The first-order valence-corrected chi connectivity index (χ1v) is 15.2. The number of aromatic nitrogens is 1. The molecule has 0 unspecified atom stereocenters. The summed E-state index contributed by atoms with van der Waals surface area (Å²) >= 11 is 0. The van der Waals surface area contributed by atoms with Gasteiger partial charge in [-0.15, -0.1) is 0 Å². The third-order valence-corrected chi connectivity index (χ3v) is 9.08. The Hall–Kier alpha value is -6.04. The summed E-state index contributed by atoms with van der Waals surface area (Å²) < 4.78 is 0. The van der Waals surface area contributed by atoms with Crippen molar-refractivity contribution in [3.63, 3.8) is 0 Å². The van der Waals surface area contributed by atoms with Crippen molar-refractivity contribution in [2.45, 2.75) is 5.41 Å². The highest BCUT2D eigenvalue weighted by atomic mass is 14.7. The Labute approximate surface area is 263 Å². The lowest BCUT2D eigenvalue weighted by Crippen LogP contribution is -2.28. The molecule has 0 radical (unpaired) electrons. The smallest absolute Gasteiger partial charge is 0.0991 e. The number of benzene rings is 6. The van der Waals surface area contributed by atoms with Crippen LogP contribution in [-0.2, 0) is 5.41 Å². The third kappa shape index (κ3) is 4.29. The van der Waals surface area contributed by atoms with Crippen LogP contribution >= 0.6 is 0 Å². The van der Waals surface area contributed by atoms with Gasteiger partial charge in [-0.25, -0.2) is 0 Å². The highest BCUT2D eigenvalue weighted by molar-refractivity contribution is 5.95. The number of nitriles is 1. The minimum absolute atomic E-state index is 0.486. The van der Waals surface area contributed by atoms with E-state index in [4.69, 9.17) is 0 Å². The van der Waals surface area contributed by atoms with Gasteiger partial charge in [0.1, 0.15) is 0 Å². The Morgan fingerprint density at radius 1 is 0.444 bits per heavy atom. The fourth-order valence-electron chi connectivity index (χ4n) is 7.04. The summed E-state index contributed by atoms with van der Waals surface area (Å²) in [6.45, 7) is 0. The zero-order valence-electron chi connectivity index (χ0n) is 24.6. The monoisotopic (exact) mass is 572 g/mol. The van der Waals surface area contributed by atoms with E-state index in [2.05, 4.69) is 145 Å². The molecule has 0 aliphatic heterocycles. The van der Waals surface area contributed by atoms with Gasteiger partial charge in [-0.2, -0.15) is 5.26 Å².